The third-order valence-electron chi connectivity index (χ3n) is 2.67. The van der Waals surface area contributed by atoms with Crippen LogP contribution in [0.2, 0.25) is 0 Å². The molecule has 15 heavy (non-hydrogen) atoms. The second-order valence-corrected chi connectivity index (χ2v) is 4.59. The van der Waals surface area contributed by atoms with Crippen molar-refractivity contribution in [2.75, 3.05) is 19.6 Å². The Morgan fingerprint density at radius 2 is 2.33 bits per heavy atom. The molecule has 0 bridgehead atoms. The van der Waals surface area contributed by atoms with E-state index in [1.165, 1.54) is 0 Å². The van der Waals surface area contributed by atoms with E-state index in [4.69, 9.17) is 5.26 Å². The Kier molecular flexibility index (Phi) is 2.74. The first-order valence-corrected chi connectivity index (χ1v) is 5.35. The normalized spacial score (nSPS) is 17.7. The summed E-state index contributed by atoms with van der Waals surface area (Å²) < 4.78 is 1.91. The molecule has 1 aliphatic rings. The van der Waals surface area contributed by atoms with Crippen molar-refractivity contribution in [3.63, 3.8) is 0 Å². The highest BCUT2D eigenvalue weighted by Gasteiger charge is 2.28. The van der Waals surface area contributed by atoms with E-state index in [2.05, 4.69) is 29.9 Å². The quantitative estimate of drug-likeness (QED) is 0.744. The fourth-order valence-electron chi connectivity index (χ4n) is 1.97. The van der Waals surface area contributed by atoms with Crippen molar-refractivity contribution in [1.29, 1.82) is 5.26 Å². The molecule has 2 heterocycles. The first kappa shape index (κ1) is 10.2. The number of hydrogen-bond donors (Lipinski definition) is 0. The number of nitrogens with zero attached hydrogens (tertiary/aromatic N) is 4. The minimum atomic E-state index is 0.464. The van der Waals surface area contributed by atoms with E-state index in [0.717, 1.165) is 25.6 Å². The predicted molar refractivity (Wildman–Crippen MR) is 57.3 cm³/mol. The fraction of sp³-hybridized carbons (Fsp3) is 0.636. The second-order valence-electron chi connectivity index (χ2n) is 4.59. The van der Waals surface area contributed by atoms with Gasteiger partial charge < -0.3 is 0 Å². The van der Waals surface area contributed by atoms with E-state index in [9.17, 15) is 0 Å². The summed E-state index contributed by atoms with van der Waals surface area (Å²) in [5, 5.41) is 12.9. The molecular formula is C11H16N4. The zero-order chi connectivity index (χ0) is 10.8. The van der Waals surface area contributed by atoms with Gasteiger partial charge in [-0.15, -0.1) is 0 Å². The van der Waals surface area contributed by atoms with Gasteiger partial charge in [0.1, 0.15) is 6.07 Å². The molecule has 4 nitrogen and oxygen atoms in total. The summed E-state index contributed by atoms with van der Waals surface area (Å²) in [4.78, 5) is 2.42. The number of nitriles is 1. The standard InChI is InChI=1S/C11H16N4/c1-9(2)5-14-7-11(8-14)15-6-10(3-12)4-13-15/h4,6,9,11H,5,7-8H2,1-2H3. The zero-order valence-corrected chi connectivity index (χ0v) is 9.22. The first-order valence-electron chi connectivity index (χ1n) is 5.35. The van der Waals surface area contributed by atoms with Crippen molar-refractivity contribution < 1.29 is 0 Å². The van der Waals surface area contributed by atoms with E-state index in [1.54, 1.807) is 6.20 Å². The molecule has 1 aliphatic heterocycles. The molecule has 1 saturated heterocycles. The molecule has 80 valence electrons. The number of aromatic nitrogens is 2. The van der Waals surface area contributed by atoms with Crippen molar-refractivity contribution in [2.45, 2.75) is 19.9 Å². The largest absolute Gasteiger partial charge is 0.299 e. The molecule has 2 rings (SSSR count). The van der Waals surface area contributed by atoms with Crippen LogP contribution in [0.1, 0.15) is 25.5 Å². The molecule has 1 fully saturated rings. The summed E-state index contributed by atoms with van der Waals surface area (Å²) in [5.41, 5.74) is 0.650. The smallest absolute Gasteiger partial charge is 0.102 e. The van der Waals surface area contributed by atoms with Crippen molar-refractivity contribution in [3.05, 3.63) is 18.0 Å². The van der Waals surface area contributed by atoms with Gasteiger partial charge in [-0.2, -0.15) is 10.4 Å². The number of rotatable bonds is 3. The summed E-state index contributed by atoms with van der Waals surface area (Å²) >= 11 is 0. The van der Waals surface area contributed by atoms with E-state index >= 15 is 0 Å². The van der Waals surface area contributed by atoms with E-state index in [0.29, 0.717) is 11.6 Å². The lowest BCUT2D eigenvalue weighted by Crippen LogP contribution is -2.49. The van der Waals surface area contributed by atoms with Gasteiger partial charge in [0.05, 0.1) is 17.8 Å². The Morgan fingerprint density at radius 3 is 2.87 bits per heavy atom. The van der Waals surface area contributed by atoms with Crippen LogP contribution in [-0.2, 0) is 0 Å². The monoisotopic (exact) mass is 204 g/mol. The lowest BCUT2D eigenvalue weighted by molar-refractivity contribution is 0.0859. The summed E-state index contributed by atoms with van der Waals surface area (Å²) in [5.74, 6) is 0.721. The maximum atomic E-state index is 8.68. The van der Waals surface area contributed by atoms with Gasteiger partial charge in [0.2, 0.25) is 0 Å². The van der Waals surface area contributed by atoms with E-state index in [1.807, 2.05) is 10.9 Å². The van der Waals surface area contributed by atoms with Crippen molar-refractivity contribution in [3.8, 4) is 6.07 Å². The van der Waals surface area contributed by atoms with Gasteiger partial charge in [0.25, 0.3) is 0 Å². The average molecular weight is 204 g/mol. The van der Waals surface area contributed by atoms with Gasteiger partial charge in [0, 0.05) is 25.8 Å². The molecule has 0 aliphatic carbocycles. The highest BCUT2D eigenvalue weighted by Crippen LogP contribution is 2.21. The van der Waals surface area contributed by atoms with Crippen LogP contribution >= 0.6 is 0 Å². The van der Waals surface area contributed by atoms with Gasteiger partial charge in [-0.25, -0.2) is 0 Å². The van der Waals surface area contributed by atoms with Crippen LogP contribution in [0.5, 0.6) is 0 Å². The lowest BCUT2D eigenvalue weighted by Gasteiger charge is -2.40. The molecule has 0 aromatic carbocycles. The Labute approximate surface area is 90.1 Å². The van der Waals surface area contributed by atoms with Crippen LogP contribution in [0, 0.1) is 17.2 Å². The third kappa shape index (κ3) is 2.18. The zero-order valence-electron chi connectivity index (χ0n) is 9.22. The number of likely N-dealkylation sites (tertiary alicyclic amines) is 1. The Morgan fingerprint density at radius 1 is 1.60 bits per heavy atom. The molecule has 0 unspecified atom stereocenters. The van der Waals surface area contributed by atoms with Crippen LogP contribution < -0.4 is 0 Å². The highest BCUT2D eigenvalue weighted by molar-refractivity contribution is 5.22. The van der Waals surface area contributed by atoms with E-state index < -0.39 is 0 Å². The summed E-state index contributed by atoms with van der Waals surface area (Å²) in [6, 6.07) is 2.56. The molecular weight excluding hydrogens is 188 g/mol. The molecule has 0 saturated carbocycles. The van der Waals surface area contributed by atoms with Crippen LogP contribution in [-0.4, -0.2) is 34.3 Å². The van der Waals surface area contributed by atoms with Crippen LogP contribution in [0.25, 0.3) is 0 Å². The maximum absolute atomic E-state index is 8.68. The molecule has 4 heteroatoms. The molecule has 1 aromatic heterocycles. The topological polar surface area (TPSA) is 44.9 Å². The van der Waals surface area contributed by atoms with Crippen molar-refractivity contribution >= 4 is 0 Å². The van der Waals surface area contributed by atoms with Crippen LogP contribution in [0.4, 0.5) is 0 Å². The molecule has 1 aromatic rings. The van der Waals surface area contributed by atoms with E-state index in [-0.39, 0.29) is 0 Å². The van der Waals surface area contributed by atoms with Crippen molar-refractivity contribution in [1.82, 2.24) is 14.7 Å². The van der Waals surface area contributed by atoms with Crippen molar-refractivity contribution in [2.24, 2.45) is 5.92 Å². The molecule has 0 radical (unpaired) electrons. The second kappa shape index (κ2) is 4.03. The van der Waals surface area contributed by atoms with Gasteiger partial charge in [-0.3, -0.25) is 9.58 Å². The summed E-state index contributed by atoms with van der Waals surface area (Å²) in [6.07, 6.45) is 3.46. The third-order valence-corrected chi connectivity index (χ3v) is 2.67. The van der Waals surface area contributed by atoms with Crippen LogP contribution in [0.15, 0.2) is 12.4 Å². The number of hydrogen-bond acceptors (Lipinski definition) is 3. The first-order chi connectivity index (χ1) is 7.19. The SMILES string of the molecule is CC(C)CN1CC(n2cc(C#N)cn2)C1. The molecule has 0 atom stereocenters. The summed E-state index contributed by atoms with van der Waals surface area (Å²) in [6.45, 7) is 7.74. The Hall–Kier alpha value is -1.34. The van der Waals surface area contributed by atoms with Crippen LogP contribution in [0.3, 0.4) is 0 Å². The fourth-order valence-corrected chi connectivity index (χ4v) is 1.97. The Bertz CT molecular complexity index is 368. The predicted octanol–water partition coefficient (Wildman–Crippen LogP) is 1.27. The average Bonchev–Trinajstić information content (AvgIpc) is 2.58. The van der Waals surface area contributed by atoms with Gasteiger partial charge in [-0.05, 0) is 5.92 Å². The van der Waals surface area contributed by atoms with Gasteiger partial charge >= 0.3 is 0 Å². The molecule has 0 amide bonds. The van der Waals surface area contributed by atoms with Gasteiger partial charge in [0.15, 0.2) is 0 Å². The Balaban J connectivity index is 1.87. The molecule has 0 N–H and O–H groups in total. The highest BCUT2D eigenvalue weighted by atomic mass is 15.4. The minimum absolute atomic E-state index is 0.464. The maximum Gasteiger partial charge on any atom is 0.102 e. The summed E-state index contributed by atoms with van der Waals surface area (Å²) in [7, 11) is 0. The van der Waals surface area contributed by atoms with Gasteiger partial charge in [-0.1, -0.05) is 13.8 Å². The minimum Gasteiger partial charge on any atom is -0.299 e. The lowest BCUT2D eigenvalue weighted by atomic mass is 10.1. The molecule has 0 spiro atoms.